The van der Waals surface area contributed by atoms with Crippen molar-refractivity contribution in [2.45, 2.75) is 57.6 Å². The molecule has 1 N–H and O–H groups in total. The molecule has 0 aromatic heterocycles. The topological polar surface area (TPSA) is 86.8 Å². The predicted octanol–water partition coefficient (Wildman–Crippen LogP) is 5.31. The SMILES string of the molecule is Cc1c(Cl)cccc1N(CC(=O)N(Cc1ccccc1F)[C@H](C)C(=O)NC(C)(C)C)S(=O)(=O)c1ccccc1. The van der Waals surface area contributed by atoms with E-state index in [0.717, 1.165) is 4.31 Å². The molecule has 0 aliphatic heterocycles. The Kier molecular flexibility index (Phi) is 9.40. The summed E-state index contributed by atoms with van der Waals surface area (Å²) in [5.74, 6) is -1.68. The summed E-state index contributed by atoms with van der Waals surface area (Å²) in [5, 5.41) is 3.16. The molecule has 0 aliphatic rings. The third-order valence-electron chi connectivity index (χ3n) is 6.08. The van der Waals surface area contributed by atoms with Crippen LogP contribution in [-0.2, 0) is 26.2 Å². The molecule has 0 saturated carbocycles. The van der Waals surface area contributed by atoms with Crippen molar-refractivity contribution >= 4 is 39.1 Å². The lowest BCUT2D eigenvalue weighted by Gasteiger charge is -2.34. The predicted molar refractivity (Wildman–Crippen MR) is 151 cm³/mol. The molecule has 3 aromatic carbocycles. The third kappa shape index (κ3) is 7.36. The monoisotopic (exact) mass is 573 g/mol. The van der Waals surface area contributed by atoms with Gasteiger partial charge in [-0.2, -0.15) is 0 Å². The number of nitrogens with one attached hydrogen (secondary N) is 1. The number of halogens is 2. The second-order valence-corrected chi connectivity index (χ2v) is 12.5. The minimum Gasteiger partial charge on any atom is -0.350 e. The Balaban J connectivity index is 2.08. The summed E-state index contributed by atoms with van der Waals surface area (Å²) in [5.41, 5.74) is 0.291. The summed E-state index contributed by atoms with van der Waals surface area (Å²) >= 11 is 6.32. The maximum atomic E-state index is 14.6. The van der Waals surface area contributed by atoms with Crippen molar-refractivity contribution in [3.8, 4) is 0 Å². The maximum absolute atomic E-state index is 14.6. The number of carbonyl (C=O) groups is 2. The highest BCUT2D eigenvalue weighted by Gasteiger charge is 2.34. The van der Waals surface area contributed by atoms with Crippen LogP contribution in [0.1, 0.15) is 38.8 Å². The Hall–Kier alpha value is -3.43. The zero-order valence-electron chi connectivity index (χ0n) is 22.6. The lowest BCUT2D eigenvalue weighted by Crippen LogP contribution is -2.54. The fraction of sp³-hybridized carbons (Fsp3) is 0.310. The lowest BCUT2D eigenvalue weighted by atomic mass is 10.1. The van der Waals surface area contributed by atoms with E-state index in [4.69, 9.17) is 11.6 Å². The van der Waals surface area contributed by atoms with Gasteiger partial charge in [0.1, 0.15) is 18.4 Å². The van der Waals surface area contributed by atoms with Crippen molar-refractivity contribution in [2.75, 3.05) is 10.8 Å². The number of hydrogen-bond donors (Lipinski definition) is 1. The van der Waals surface area contributed by atoms with Crippen molar-refractivity contribution < 1.29 is 22.4 Å². The van der Waals surface area contributed by atoms with E-state index in [-0.39, 0.29) is 22.7 Å². The van der Waals surface area contributed by atoms with E-state index in [1.165, 1.54) is 42.2 Å². The number of anilines is 1. The Labute approximate surface area is 234 Å². The summed E-state index contributed by atoms with van der Waals surface area (Å²) in [4.78, 5) is 28.2. The van der Waals surface area contributed by atoms with E-state index >= 15 is 0 Å². The zero-order chi connectivity index (χ0) is 29.0. The molecule has 3 aromatic rings. The first-order valence-electron chi connectivity index (χ1n) is 12.4. The van der Waals surface area contributed by atoms with Crippen LogP contribution in [0.2, 0.25) is 5.02 Å². The average molecular weight is 574 g/mol. The van der Waals surface area contributed by atoms with Gasteiger partial charge in [-0.3, -0.25) is 13.9 Å². The molecule has 0 aliphatic carbocycles. The number of benzene rings is 3. The van der Waals surface area contributed by atoms with E-state index in [9.17, 15) is 22.4 Å². The van der Waals surface area contributed by atoms with E-state index < -0.39 is 45.8 Å². The molecule has 39 heavy (non-hydrogen) atoms. The Bertz CT molecular complexity index is 1440. The number of amides is 2. The summed E-state index contributed by atoms with van der Waals surface area (Å²) < 4.78 is 43.3. The van der Waals surface area contributed by atoms with Crippen molar-refractivity contribution in [1.29, 1.82) is 0 Å². The fourth-order valence-corrected chi connectivity index (χ4v) is 5.63. The van der Waals surface area contributed by atoms with Crippen molar-refractivity contribution in [2.24, 2.45) is 0 Å². The van der Waals surface area contributed by atoms with Gasteiger partial charge < -0.3 is 10.2 Å². The molecule has 7 nitrogen and oxygen atoms in total. The van der Waals surface area contributed by atoms with Gasteiger partial charge in [0.05, 0.1) is 10.6 Å². The Morgan fingerprint density at radius 1 is 0.974 bits per heavy atom. The van der Waals surface area contributed by atoms with Gasteiger partial charge in [-0.1, -0.05) is 54.1 Å². The van der Waals surface area contributed by atoms with Crippen LogP contribution < -0.4 is 9.62 Å². The van der Waals surface area contributed by atoms with Gasteiger partial charge in [0, 0.05) is 22.7 Å². The summed E-state index contributed by atoms with van der Waals surface area (Å²) in [7, 11) is -4.23. The van der Waals surface area contributed by atoms with Crippen LogP contribution in [0.4, 0.5) is 10.1 Å². The summed E-state index contributed by atoms with van der Waals surface area (Å²) in [6.45, 7) is 7.72. The normalized spacial score (nSPS) is 12.5. The maximum Gasteiger partial charge on any atom is 0.264 e. The quantitative estimate of drug-likeness (QED) is 0.376. The number of carbonyl (C=O) groups excluding carboxylic acids is 2. The second-order valence-electron chi connectivity index (χ2n) is 10.2. The minimum absolute atomic E-state index is 0.0173. The Morgan fingerprint density at radius 2 is 1.59 bits per heavy atom. The summed E-state index contributed by atoms with van der Waals surface area (Å²) in [6, 6.07) is 17.4. The second kappa shape index (κ2) is 12.2. The van der Waals surface area contributed by atoms with Crippen LogP contribution >= 0.6 is 11.6 Å². The fourth-order valence-electron chi connectivity index (χ4n) is 3.97. The number of hydrogen-bond acceptors (Lipinski definition) is 4. The summed E-state index contributed by atoms with van der Waals surface area (Å²) in [6.07, 6.45) is 0. The highest BCUT2D eigenvalue weighted by molar-refractivity contribution is 7.92. The highest BCUT2D eigenvalue weighted by atomic mass is 35.5. The standard InChI is InChI=1S/C29H33ClFN3O4S/c1-20-24(30)15-11-17-26(20)34(39(37,38)23-13-7-6-8-14-23)19-27(35)33(18-22-12-9-10-16-25(22)31)21(2)28(36)32-29(3,4)5/h6-17,21H,18-19H2,1-5H3,(H,32,36)/t21-/m1/s1. The highest BCUT2D eigenvalue weighted by Crippen LogP contribution is 2.31. The van der Waals surface area contributed by atoms with Crippen LogP contribution in [0.3, 0.4) is 0 Å². The van der Waals surface area contributed by atoms with Crippen LogP contribution in [0.5, 0.6) is 0 Å². The van der Waals surface area contributed by atoms with Gasteiger partial charge >= 0.3 is 0 Å². The molecule has 0 heterocycles. The molecule has 208 valence electrons. The number of rotatable bonds is 9. The van der Waals surface area contributed by atoms with Gasteiger partial charge in [0.15, 0.2) is 0 Å². The lowest BCUT2D eigenvalue weighted by molar-refractivity contribution is -0.140. The average Bonchev–Trinajstić information content (AvgIpc) is 2.87. The van der Waals surface area contributed by atoms with E-state index in [1.807, 2.05) is 0 Å². The van der Waals surface area contributed by atoms with Crippen molar-refractivity contribution in [3.63, 3.8) is 0 Å². The number of nitrogens with zero attached hydrogens (tertiary/aromatic N) is 2. The molecule has 3 rings (SSSR count). The molecule has 1 atom stereocenters. The van der Waals surface area contributed by atoms with Crippen molar-refractivity contribution in [3.05, 3.63) is 94.8 Å². The molecular formula is C29H33ClFN3O4S. The van der Waals surface area contributed by atoms with Crippen LogP contribution in [0.15, 0.2) is 77.7 Å². The van der Waals surface area contributed by atoms with E-state index in [0.29, 0.717) is 10.6 Å². The van der Waals surface area contributed by atoms with Gasteiger partial charge in [0.2, 0.25) is 11.8 Å². The van der Waals surface area contributed by atoms with Gasteiger partial charge in [-0.25, -0.2) is 12.8 Å². The molecule has 0 fully saturated rings. The minimum atomic E-state index is -4.23. The molecule has 0 saturated heterocycles. The molecule has 10 heteroatoms. The molecule has 0 radical (unpaired) electrons. The first-order valence-corrected chi connectivity index (χ1v) is 14.2. The zero-order valence-corrected chi connectivity index (χ0v) is 24.2. The van der Waals surface area contributed by atoms with Crippen LogP contribution in [0, 0.1) is 12.7 Å². The van der Waals surface area contributed by atoms with E-state index in [2.05, 4.69) is 5.32 Å². The van der Waals surface area contributed by atoms with Crippen LogP contribution in [0.25, 0.3) is 0 Å². The molecular weight excluding hydrogens is 541 g/mol. The first kappa shape index (κ1) is 30.1. The molecule has 0 spiro atoms. The van der Waals surface area contributed by atoms with Gasteiger partial charge in [-0.15, -0.1) is 0 Å². The van der Waals surface area contributed by atoms with Crippen molar-refractivity contribution in [1.82, 2.24) is 10.2 Å². The molecule has 0 unspecified atom stereocenters. The largest absolute Gasteiger partial charge is 0.350 e. The Morgan fingerprint density at radius 3 is 2.21 bits per heavy atom. The number of sulfonamides is 1. The smallest absolute Gasteiger partial charge is 0.264 e. The third-order valence-corrected chi connectivity index (χ3v) is 8.27. The van der Waals surface area contributed by atoms with E-state index in [1.54, 1.807) is 70.2 Å². The van der Waals surface area contributed by atoms with Crippen LogP contribution in [-0.4, -0.2) is 43.3 Å². The molecule has 2 amide bonds. The first-order chi connectivity index (χ1) is 18.2. The van der Waals surface area contributed by atoms with Gasteiger partial charge in [-0.05, 0) is 70.5 Å². The molecule has 0 bridgehead atoms. The van der Waals surface area contributed by atoms with Gasteiger partial charge in [0.25, 0.3) is 10.0 Å².